The van der Waals surface area contributed by atoms with Crippen LogP contribution in [0.4, 0.5) is 0 Å². The summed E-state index contributed by atoms with van der Waals surface area (Å²) in [4.78, 5) is 41.0. The van der Waals surface area contributed by atoms with E-state index in [-0.39, 0.29) is 16.7 Å². The minimum absolute atomic E-state index is 0.128. The predicted molar refractivity (Wildman–Crippen MR) is 124 cm³/mol. The van der Waals surface area contributed by atoms with Gasteiger partial charge in [0.25, 0.3) is 7.14 Å². The van der Waals surface area contributed by atoms with E-state index in [4.69, 9.17) is 0 Å². The van der Waals surface area contributed by atoms with Crippen LogP contribution in [0.1, 0.15) is 58.9 Å². The van der Waals surface area contributed by atoms with Gasteiger partial charge < -0.3 is 0 Å². The molecule has 0 saturated heterocycles. The van der Waals surface area contributed by atoms with E-state index in [0.29, 0.717) is 22.3 Å². The van der Waals surface area contributed by atoms with E-state index in [0.717, 1.165) is 5.56 Å². The SMILES string of the molecule is Cc1cc(C)c(C(=O)P(=O)(C(=O)c2ccccc2C)C(=O)c2ccccc2C)c(C)c1. The summed E-state index contributed by atoms with van der Waals surface area (Å²) in [6.07, 6.45) is 0. The Morgan fingerprint density at radius 3 is 1.35 bits per heavy atom. The lowest BCUT2D eigenvalue weighted by Crippen LogP contribution is -2.21. The molecule has 0 aromatic heterocycles. The third kappa shape index (κ3) is 3.96. The number of aryl methyl sites for hydroxylation is 5. The normalized spacial score (nSPS) is 11.3. The Bertz CT molecular complexity index is 1190. The van der Waals surface area contributed by atoms with Gasteiger partial charge in [-0.25, -0.2) is 0 Å². The molecule has 0 fully saturated rings. The lowest BCUT2D eigenvalue weighted by Gasteiger charge is -2.19. The minimum Gasteiger partial charge on any atom is -0.298 e. The zero-order chi connectivity index (χ0) is 22.9. The van der Waals surface area contributed by atoms with Crippen LogP contribution in [0.25, 0.3) is 0 Å². The van der Waals surface area contributed by atoms with Crippen LogP contribution in [0.3, 0.4) is 0 Å². The predicted octanol–water partition coefficient (Wildman–Crippen LogP) is 6.41. The van der Waals surface area contributed by atoms with Crippen molar-refractivity contribution in [2.45, 2.75) is 34.6 Å². The summed E-state index contributed by atoms with van der Waals surface area (Å²) in [6.45, 7) is 8.75. The first-order valence-corrected chi connectivity index (χ1v) is 11.7. The Labute approximate surface area is 182 Å². The van der Waals surface area contributed by atoms with Gasteiger partial charge in [0.2, 0.25) is 16.6 Å². The first-order chi connectivity index (χ1) is 14.6. The molecule has 3 aromatic carbocycles. The number of hydrogen-bond acceptors (Lipinski definition) is 4. The van der Waals surface area contributed by atoms with Gasteiger partial charge >= 0.3 is 0 Å². The molecule has 5 heteroatoms. The van der Waals surface area contributed by atoms with Crippen LogP contribution >= 0.6 is 7.14 Å². The van der Waals surface area contributed by atoms with Gasteiger partial charge in [-0.2, -0.15) is 0 Å². The fourth-order valence-corrected chi connectivity index (χ4v) is 6.32. The van der Waals surface area contributed by atoms with Crippen molar-refractivity contribution >= 4 is 23.7 Å². The molecule has 0 amide bonds. The van der Waals surface area contributed by atoms with Crippen LogP contribution in [0.5, 0.6) is 0 Å². The minimum atomic E-state index is -4.70. The highest BCUT2D eigenvalue weighted by atomic mass is 31.2. The second kappa shape index (κ2) is 8.56. The molecule has 0 bridgehead atoms. The van der Waals surface area contributed by atoms with Gasteiger partial charge in [-0.15, -0.1) is 0 Å². The highest BCUT2D eigenvalue weighted by Gasteiger charge is 2.49. The van der Waals surface area contributed by atoms with Gasteiger partial charge in [0.05, 0.1) is 0 Å². The van der Waals surface area contributed by atoms with Crippen LogP contribution in [-0.2, 0) is 4.57 Å². The summed E-state index contributed by atoms with van der Waals surface area (Å²) in [5.41, 5.74) is 0.971. The monoisotopic (exact) mass is 432 g/mol. The van der Waals surface area contributed by atoms with Crippen molar-refractivity contribution in [3.63, 3.8) is 0 Å². The molecule has 0 unspecified atom stereocenters. The largest absolute Gasteiger partial charge is 0.298 e. The second-order valence-corrected chi connectivity index (χ2v) is 10.4. The molecule has 0 heterocycles. The molecular weight excluding hydrogens is 407 g/mol. The average molecular weight is 432 g/mol. The number of carbonyl (C=O) groups excluding carboxylic acids is 3. The van der Waals surface area contributed by atoms with Crippen molar-refractivity contribution in [2.24, 2.45) is 0 Å². The van der Waals surface area contributed by atoms with Crippen molar-refractivity contribution in [3.05, 3.63) is 105 Å². The van der Waals surface area contributed by atoms with E-state index >= 15 is 0 Å². The summed E-state index contributed by atoms with van der Waals surface area (Å²) < 4.78 is 14.4. The Morgan fingerprint density at radius 1 is 0.581 bits per heavy atom. The Morgan fingerprint density at radius 2 is 0.968 bits per heavy atom. The third-order valence-corrected chi connectivity index (χ3v) is 7.92. The number of rotatable bonds is 6. The van der Waals surface area contributed by atoms with Crippen molar-refractivity contribution < 1.29 is 18.9 Å². The summed E-state index contributed by atoms with van der Waals surface area (Å²) >= 11 is 0. The fraction of sp³-hybridized carbons (Fsp3) is 0.192. The van der Waals surface area contributed by atoms with Gasteiger partial charge in [-0.1, -0.05) is 66.2 Å². The summed E-state index contributed by atoms with van der Waals surface area (Å²) in [5.74, 6) is 0. The maximum atomic E-state index is 14.4. The summed E-state index contributed by atoms with van der Waals surface area (Å²) in [5, 5.41) is 0. The topological polar surface area (TPSA) is 68.3 Å². The molecule has 0 atom stereocenters. The van der Waals surface area contributed by atoms with Gasteiger partial charge in [0.1, 0.15) is 0 Å². The molecule has 0 radical (unpaired) electrons. The average Bonchev–Trinajstić information content (AvgIpc) is 2.72. The third-order valence-electron chi connectivity index (χ3n) is 5.50. The summed E-state index contributed by atoms with van der Waals surface area (Å²) in [7, 11) is -4.70. The molecule has 0 aliphatic rings. The lowest BCUT2D eigenvalue weighted by molar-refractivity contribution is 0.100. The van der Waals surface area contributed by atoms with Gasteiger partial charge in [-0.05, 0) is 56.9 Å². The molecular formula is C26H25O4P. The Hall–Kier alpha value is -3.10. The number of benzene rings is 3. The van der Waals surface area contributed by atoms with E-state index < -0.39 is 23.7 Å². The lowest BCUT2D eigenvalue weighted by atomic mass is 10.0. The van der Waals surface area contributed by atoms with Crippen LogP contribution in [0, 0.1) is 34.6 Å². The molecule has 158 valence electrons. The van der Waals surface area contributed by atoms with Crippen LogP contribution in [0.15, 0.2) is 60.7 Å². The van der Waals surface area contributed by atoms with Gasteiger partial charge in [-0.3, -0.25) is 18.9 Å². The van der Waals surface area contributed by atoms with Crippen LogP contribution in [-0.4, -0.2) is 16.6 Å². The first kappa shape index (κ1) is 22.6. The molecule has 0 aliphatic carbocycles. The zero-order valence-corrected chi connectivity index (χ0v) is 19.2. The quantitative estimate of drug-likeness (QED) is 0.422. The molecule has 3 rings (SSSR count). The number of carbonyl (C=O) groups is 3. The smallest absolute Gasteiger partial charge is 0.287 e. The molecule has 0 saturated carbocycles. The molecule has 0 spiro atoms. The van der Waals surface area contributed by atoms with Crippen molar-refractivity contribution in [1.29, 1.82) is 0 Å². The molecule has 31 heavy (non-hydrogen) atoms. The van der Waals surface area contributed by atoms with Gasteiger partial charge in [0.15, 0.2) is 0 Å². The molecule has 0 N–H and O–H groups in total. The van der Waals surface area contributed by atoms with Crippen molar-refractivity contribution in [3.8, 4) is 0 Å². The van der Waals surface area contributed by atoms with Crippen molar-refractivity contribution in [2.75, 3.05) is 0 Å². The van der Waals surface area contributed by atoms with Crippen LogP contribution < -0.4 is 0 Å². The number of hydrogen-bond donors (Lipinski definition) is 0. The van der Waals surface area contributed by atoms with E-state index in [1.807, 2.05) is 6.92 Å². The van der Waals surface area contributed by atoms with Crippen molar-refractivity contribution in [1.82, 2.24) is 0 Å². The second-order valence-electron chi connectivity index (χ2n) is 7.93. The van der Waals surface area contributed by atoms with Crippen LogP contribution in [0.2, 0.25) is 0 Å². The van der Waals surface area contributed by atoms with E-state index in [2.05, 4.69) is 0 Å². The Kier molecular flexibility index (Phi) is 6.24. The Balaban J connectivity index is 2.30. The zero-order valence-electron chi connectivity index (χ0n) is 18.4. The molecule has 0 aliphatic heterocycles. The maximum Gasteiger partial charge on any atom is 0.287 e. The van der Waals surface area contributed by atoms with Gasteiger partial charge in [0, 0.05) is 16.7 Å². The first-order valence-electron chi connectivity index (χ1n) is 10.0. The van der Waals surface area contributed by atoms with E-state index in [1.165, 1.54) is 12.1 Å². The molecule has 3 aromatic rings. The van der Waals surface area contributed by atoms with E-state index in [1.54, 1.807) is 76.2 Å². The highest BCUT2D eigenvalue weighted by Crippen LogP contribution is 2.56. The van der Waals surface area contributed by atoms with E-state index in [9.17, 15) is 18.9 Å². The maximum absolute atomic E-state index is 14.4. The standard InChI is InChI=1S/C26H25O4P/c1-16-14-19(4)23(20(5)15-16)26(29)31(30,24(27)21-12-8-6-10-17(21)2)25(28)22-13-9-7-11-18(22)3/h6-15H,1-5H3. The highest BCUT2D eigenvalue weighted by molar-refractivity contribution is 8.07. The summed E-state index contributed by atoms with van der Waals surface area (Å²) in [6, 6.07) is 16.8. The fourth-order valence-electron chi connectivity index (χ4n) is 3.92. The molecule has 4 nitrogen and oxygen atoms in total.